The number of amides is 1. The summed E-state index contributed by atoms with van der Waals surface area (Å²) in [6.45, 7) is 5.05. The highest BCUT2D eigenvalue weighted by atomic mass is 16.6. The van der Waals surface area contributed by atoms with Crippen LogP contribution in [0.15, 0.2) is 0 Å². The SMILES string of the molecule is CC(C)(C)OC(=O)C[C@H](NC(=O)C1(N)CCC1)C(=O)O. The Kier molecular flexibility index (Phi) is 4.75. The van der Waals surface area contributed by atoms with Crippen molar-refractivity contribution in [2.45, 2.75) is 63.6 Å². The first-order valence-electron chi connectivity index (χ1n) is 6.58. The van der Waals surface area contributed by atoms with E-state index in [2.05, 4.69) is 5.32 Å². The highest BCUT2D eigenvalue weighted by molar-refractivity contribution is 5.92. The zero-order chi connectivity index (χ0) is 15.6. The number of aliphatic carboxylic acids is 1. The average molecular weight is 286 g/mol. The highest BCUT2D eigenvalue weighted by Gasteiger charge is 2.42. The zero-order valence-corrected chi connectivity index (χ0v) is 12.1. The van der Waals surface area contributed by atoms with E-state index in [0.29, 0.717) is 12.8 Å². The minimum atomic E-state index is -1.32. The second kappa shape index (κ2) is 5.78. The number of esters is 1. The Morgan fingerprint density at radius 3 is 2.25 bits per heavy atom. The van der Waals surface area contributed by atoms with Crippen molar-refractivity contribution >= 4 is 17.8 Å². The first-order chi connectivity index (χ1) is 9.03. The molecule has 0 spiro atoms. The number of carbonyl (C=O) groups excluding carboxylic acids is 2. The van der Waals surface area contributed by atoms with E-state index in [0.717, 1.165) is 6.42 Å². The molecule has 0 aliphatic heterocycles. The van der Waals surface area contributed by atoms with E-state index in [9.17, 15) is 14.4 Å². The first kappa shape index (κ1) is 16.4. The fraction of sp³-hybridized carbons (Fsp3) is 0.769. The van der Waals surface area contributed by atoms with Gasteiger partial charge in [-0.1, -0.05) is 0 Å². The van der Waals surface area contributed by atoms with Crippen molar-refractivity contribution in [2.24, 2.45) is 5.73 Å². The summed E-state index contributed by atoms with van der Waals surface area (Å²) in [6.07, 6.45) is 1.47. The summed E-state index contributed by atoms with van der Waals surface area (Å²) < 4.78 is 5.04. The molecule has 0 bridgehead atoms. The molecule has 0 saturated heterocycles. The Hall–Kier alpha value is -1.63. The van der Waals surface area contributed by atoms with E-state index < -0.39 is 41.4 Å². The molecule has 1 saturated carbocycles. The summed E-state index contributed by atoms with van der Waals surface area (Å²) in [5.41, 5.74) is 4.11. The lowest BCUT2D eigenvalue weighted by atomic mass is 9.77. The zero-order valence-electron chi connectivity index (χ0n) is 12.1. The number of ether oxygens (including phenoxy) is 1. The van der Waals surface area contributed by atoms with E-state index in [-0.39, 0.29) is 0 Å². The van der Waals surface area contributed by atoms with Crippen LogP contribution in [0.25, 0.3) is 0 Å². The van der Waals surface area contributed by atoms with Gasteiger partial charge in [0.2, 0.25) is 5.91 Å². The first-order valence-corrected chi connectivity index (χ1v) is 6.58. The Bertz CT molecular complexity index is 409. The molecular weight excluding hydrogens is 264 g/mol. The van der Waals surface area contributed by atoms with Gasteiger partial charge in [-0.25, -0.2) is 4.79 Å². The normalized spacial score (nSPS) is 18.6. The lowest BCUT2D eigenvalue weighted by Crippen LogP contribution is -2.61. The van der Waals surface area contributed by atoms with E-state index in [4.69, 9.17) is 15.6 Å². The number of carbonyl (C=O) groups is 3. The predicted octanol–water partition coefficient (Wildman–Crippen LogP) is 0.169. The van der Waals surface area contributed by atoms with Crippen molar-refractivity contribution in [3.63, 3.8) is 0 Å². The lowest BCUT2D eigenvalue weighted by Gasteiger charge is -2.37. The van der Waals surface area contributed by atoms with Crippen LogP contribution in [0.1, 0.15) is 46.5 Å². The summed E-state index contributed by atoms with van der Waals surface area (Å²) in [5.74, 6) is -2.49. The molecule has 0 aromatic rings. The third-order valence-electron chi connectivity index (χ3n) is 3.09. The van der Waals surface area contributed by atoms with Gasteiger partial charge in [0.25, 0.3) is 0 Å². The van der Waals surface area contributed by atoms with Crippen molar-refractivity contribution in [2.75, 3.05) is 0 Å². The summed E-state index contributed by atoms with van der Waals surface area (Å²) in [7, 11) is 0. The summed E-state index contributed by atoms with van der Waals surface area (Å²) in [6, 6.07) is -1.32. The fourth-order valence-electron chi connectivity index (χ4n) is 1.84. The summed E-state index contributed by atoms with van der Waals surface area (Å²) >= 11 is 0. The largest absolute Gasteiger partial charge is 0.480 e. The molecule has 7 heteroatoms. The maximum absolute atomic E-state index is 11.9. The maximum atomic E-state index is 11.9. The Labute approximate surface area is 117 Å². The van der Waals surface area contributed by atoms with Crippen LogP contribution >= 0.6 is 0 Å². The molecule has 1 atom stereocenters. The van der Waals surface area contributed by atoms with Crippen LogP contribution in [0.3, 0.4) is 0 Å². The van der Waals surface area contributed by atoms with Crippen LogP contribution < -0.4 is 11.1 Å². The van der Waals surface area contributed by atoms with Crippen molar-refractivity contribution in [1.82, 2.24) is 5.32 Å². The van der Waals surface area contributed by atoms with E-state index >= 15 is 0 Å². The van der Waals surface area contributed by atoms with Gasteiger partial charge in [-0.05, 0) is 40.0 Å². The van der Waals surface area contributed by atoms with Crippen LogP contribution in [0.2, 0.25) is 0 Å². The molecule has 1 amide bonds. The van der Waals surface area contributed by atoms with Gasteiger partial charge in [-0.15, -0.1) is 0 Å². The number of hydrogen-bond donors (Lipinski definition) is 3. The fourth-order valence-corrected chi connectivity index (χ4v) is 1.84. The Balaban J connectivity index is 2.59. The highest BCUT2D eigenvalue weighted by Crippen LogP contribution is 2.29. The van der Waals surface area contributed by atoms with E-state index in [1.54, 1.807) is 20.8 Å². The van der Waals surface area contributed by atoms with Crippen LogP contribution in [-0.4, -0.2) is 40.1 Å². The number of hydrogen-bond acceptors (Lipinski definition) is 5. The average Bonchev–Trinajstić information content (AvgIpc) is 2.21. The number of carboxylic acid groups (broad SMARTS) is 1. The number of nitrogens with one attached hydrogen (secondary N) is 1. The molecule has 1 aliphatic rings. The molecule has 0 heterocycles. The minimum Gasteiger partial charge on any atom is -0.480 e. The van der Waals surface area contributed by atoms with Gasteiger partial charge in [0.15, 0.2) is 0 Å². The predicted molar refractivity (Wildman–Crippen MR) is 70.8 cm³/mol. The van der Waals surface area contributed by atoms with Gasteiger partial charge in [0.05, 0.1) is 12.0 Å². The van der Waals surface area contributed by atoms with Crippen LogP contribution in [-0.2, 0) is 19.1 Å². The minimum absolute atomic E-state index is 0.422. The van der Waals surface area contributed by atoms with Crippen LogP contribution in [0, 0.1) is 0 Å². The molecule has 1 aliphatic carbocycles. The van der Waals surface area contributed by atoms with Crippen molar-refractivity contribution in [3.05, 3.63) is 0 Å². The molecule has 1 fully saturated rings. The summed E-state index contributed by atoms with van der Waals surface area (Å²) in [4.78, 5) is 34.6. The Morgan fingerprint density at radius 2 is 1.90 bits per heavy atom. The van der Waals surface area contributed by atoms with E-state index in [1.807, 2.05) is 0 Å². The molecule has 0 radical (unpaired) electrons. The maximum Gasteiger partial charge on any atom is 0.326 e. The van der Waals surface area contributed by atoms with Gasteiger partial charge in [-0.2, -0.15) is 0 Å². The van der Waals surface area contributed by atoms with Crippen molar-refractivity contribution in [1.29, 1.82) is 0 Å². The molecule has 20 heavy (non-hydrogen) atoms. The molecule has 0 aromatic carbocycles. The smallest absolute Gasteiger partial charge is 0.326 e. The standard InChI is InChI=1S/C13H22N2O5/c1-12(2,3)20-9(16)7-8(10(17)18)15-11(19)13(14)5-4-6-13/h8H,4-7,14H2,1-3H3,(H,15,19)(H,17,18)/t8-/m0/s1. The third kappa shape index (κ3) is 4.48. The Morgan fingerprint density at radius 1 is 1.35 bits per heavy atom. The number of rotatable bonds is 5. The molecule has 0 aromatic heterocycles. The van der Waals surface area contributed by atoms with Gasteiger partial charge in [-0.3, -0.25) is 9.59 Å². The van der Waals surface area contributed by atoms with E-state index in [1.165, 1.54) is 0 Å². The van der Waals surface area contributed by atoms with Crippen LogP contribution in [0.4, 0.5) is 0 Å². The van der Waals surface area contributed by atoms with Gasteiger partial charge < -0.3 is 20.9 Å². The second-order valence-electron chi connectivity index (χ2n) is 6.16. The topological polar surface area (TPSA) is 119 Å². The molecule has 114 valence electrons. The molecule has 1 rings (SSSR count). The van der Waals surface area contributed by atoms with Gasteiger partial charge in [0.1, 0.15) is 11.6 Å². The second-order valence-corrected chi connectivity index (χ2v) is 6.16. The van der Waals surface area contributed by atoms with Crippen LogP contribution in [0.5, 0.6) is 0 Å². The van der Waals surface area contributed by atoms with Gasteiger partial charge >= 0.3 is 11.9 Å². The molecular formula is C13H22N2O5. The van der Waals surface area contributed by atoms with Crippen molar-refractivity contribution < 1.29 is 24.2 Å². The van der Waals surface area contributed by atoms with Gasteiger partial charge in [0, 0.05) is 0 Å². The quantitative estimate of drug-likeness (QED) is 0.620. The summed E-state index contributed by atoms with van der Waals surface area (Å²) in [5, 5.41) is 11.4. The monoisotopic (exact) mass is 286 g/mol. The van der Waals surface area contributed by atoms with Crippen molar-refractivity contribution in [3.8, 4) is 0 Å². The molecule has 0 unspecified atom stereocenters. The number of nitrogens with two attached hydrogens (primary N) is 1. The third-order valence-corrected chi connectivity index (χ3v) is 3.09. The number of carboxylic acids is 1. The molecule has 7 nitrogen and oxygen atoms in total. The molecule has 4 N–H and O–H groups in total. The lowest BCUT2D eigenvalue weighted by molar-refractivity contribution is -0.158.